The third kappa shape index (κ3) is 6.59. The molecule has 10 nitrogen and oxygen atoms in total. The predicted molar refractivity (Wildman–Crippen MR) is 97.3 cm³/mol. The number of carbonyl (C=O) groups is 5. The third-order valence-electron chi connectivity index (χ3n) is 4.84. The zero-order valence-corrected chi connectivity index (χ0v) is 16.2. The van der Waals surface area contributed by atoms with Crippen LogP contribution in [0.15, 0.2) is 0 Å². The summed E-state index contributed by atoms with van der Waals surface area (Å²) in [6.07, 6.45) is 3.25. The van der Waals surface area contributed by atoms with Crippen molar-refractivity contribution in [2.45, 2.75) is 57.9 Å². The lowest BCUT2D eigenvalue weighted by atomic mass is 10.4. The number of nitrogens with zero attached hydrogens (tertiary/aromatic N) is 2. The van der Waals surface area contributed by atoms with E-state index in [1.165, 1.54) is 0 Å². The van der Waals surface area contributed by atoms with Gasteiger partial charge in [0.05, 0.1) is 13.0 Å². The molecule has 2 heterocycles. The number of amides is 4. The van der Waals surface area contributed by atoms with Gasteiger partial charge < -0.3 is 15.5 Å². The summed E-state index contributed by atoms with van der Waals surface area (Å²) in [6.45, 7) is 3.63. The average Bonchev–Trinajstić information content (AvgIpc) is 3.22. The number of carbonyl (C=O) groups excluding carboxylic acids is 5. The standard InChI is InChI=1S/C18H28N4O6/c1-2-13-4-3-11-21(13)12-15(24)20-9-7-14(23)19-10-8-18(27)28-22-16(25)5-6-17(22)26/h13H,2-12H2,1H3,(H,19,23)(H,20,24)/i1+1,2+1,12+1,13+1,15+1,18+1,19+1,21+1. The lowest BCUT2D eigenvalue weighted by Gasteiger charge is -2.22. The van der Waals surface area contributed by atoms with Crippen LogP contribution in [0.25, 0.3) is 0 Å². The molecule has 0 radical (unpaired) electrons. The Bertz CT molecular complexity index is 607. The average molecular weight is 404 g/mol. The van der Waals surface area contributed by atoms with E-state index < -0.39 is 17.8 Å². The second-order valence-electron chi connectivity index (χ2n) is 6.92. The molecule has 10 heteroatoms. The Kier molecular flexibility index (Phi) is 8.37. The minimum atomic E-state index is -0.770. The number of hydrogen-bond acceptors (Lipinski definition) is 7. The molecule has 2 aliphatic rings. The van der Waals surface area contributed by atoms with Crippen LogP contribution in [-0.2, 0) is 28.8 Å². The molecule has 0 aromatic carbocycles. The molecule has 4 amide bonds. The van der Waals surface area contributed by atoms with E-state index >= 15 is 0 Å². The second-order valence-corrected chi connectivity index (χ2v) is 6.92. The zero-order chi connectivity index (χ0) is 20.5. The van der Waals surface area contributed by atoms with Crippen LogP contribution >= 0.6 is 0 Å². The van der Waals surface area contributed by atoms with Gasteiger partial charge in [-0.2, -0.15) is 0 Å². The molecule has 0 aromatic rings. The maximum absolute atomic E-state index is 12.0. The van der Waals surface area contributed by atoms with Crippen LogP contribution in [0.5, 0.6) is 0 Å². The fraction of sp³-hybridized carbons (Fsp3) is 0.722. The molecule has 28 heavy (non-hydrogen) atoms. The summed E-state index contributed by atoms with van der Waals surface area (Å²) in [6, 6.07) is 0.458. The highest BCUT2D eigenvalue weighted by Gasteiger charge is 2.32. The summed E-state index contributed by atoms with van der Waals surface area (Å²) >= 11 is 0. The summed E-state index contributed by atoms with van der Waals surface area (Å²) in [5.74, 6) is -2.27. The monoisotopic (exact) mass is 404 g/mol. The molecule has 0 spiro atoms. The van der Waals surface area contributed by atoms with E-state index in [-0.39, 0.29) is 50.6 Å². The highest BCUT2D eigenvalue weighted by Crippen LogP contribution is 2.18. The van der Waals surface area contributed by atoms with Gasteiger partial charge in [0.1, 0.15) is 0 Å². The maximum Gasteiger partial charge on any atom is 0.334 e. The van der Waals surface area contributed by atoms with Gasteiger partial charge in [-0.3, -0.25) is 24.1 Å². The SMILES string of the molecule is [13CH3][13CH2][13CH]1CCC[15N]1[13CH2][13C](=O)NCCC(=O)[15NH]CC[13C](=O)ON1C(=O)CCC1=O. The molecule has 2 saturated heterocycles. The fourth-order valence-corrected chi connectivity index (χ4v) is 3.32. The lowest BCUT2D eigenvalue weighted by molar-refractivity contribution is -0.197. The van der Waals surface area contributed by atoms with Gasteiger partial charge in [-0.25, -0.2) is 4.79 Å². The van der Waals surface area contributed by atoms with Crippen LogP contribution in [0.4, 0.5) is 0 Å². The van der Waals surface area contributed by atoms with Gasteiger partial charge in [0.25, 0.3) is 11.8 Å². The zero-order valence-electron chi connectivity index (χ0n) is 16.2. The van der Waals surface area contributed by atoms with Gasteiger partial charge in [-0.05, 0) is 25.8 Å². The molecular formula is C18H28N4O6. The highest BCUT2D eigenvalue weighted by molar-refractivity contribution is 6.01. The Morgan fingerprint density at radius 1 is 1.04 bits per heavy atom. The molecule has 2 aliphatic heterocycles. The van der Waals surface area contributed by atoms with Crippen molar-refractivity contribution in [3.05, 3.63) is 0 Å². The molecule has 2 N–H and O–H groups in total. The first-order valence-electron chi connectivity index (χ1n) is 9.74. The van der Waals surface area contributed by atoms with E-state index in [2.05, 4.69) is 22.5 Å². The Morgan fingerprint density at radius 2 is 1.68 bits per heavy atom. The summed E-state index contributed by atoms with van der Waals surface area (Å²) in [5.41, 5.74) is 0. The van der Waals surface area contributed by atoms with Crippen LogP contribution in [0.3, 0.4) is 0 Å². The van der Waals surface area contributed by atoms with Crippen LogP contribution in [0.1, 0.15) is 51.9 Å². The van der Waals surface area contributed by atoms with E-state index in [9.17, 15) is 24.0 Å². The van der Waals surface area contributed by atoms with Gasteiger partial charge in [-0.15, -0.1) is 5.06 Å². The van der Waals surface area contributed by atoms with Crippen molar-refractivity contribution in [3.8, 4) is 0 Å². The van der Waals surface area contributed by atoms with Gasteiger partial charge in [-0.1, -0.05) is 6.92 Å². The van der Waals surface area contributed by atoms with Crippen molar-refractivity contribution in [1.82, 2.24) is 20.6 Å². The van der Waals surface area contributed by atoms with E-state index in [0.29, 0.717) is 17.6 Å². The summed E-state index contributed by atoms with van der Waals surface area (Å²) in [5, 5.41) is 5.74. The van der Waals surface area contributed by atoms with Gasteiger partial charge in [0, 0.05) is 38.4 Å². The molecule has 2 fully saturated rings. The number of hydrogen-bond donors (Lipinski definition) is 2. The normalized spacial score (nSPS) is 19.8. The van der Waals surface area contributed by atoms with E-state index in [1.807, 2.05) is 0 Å². The van der Waals surface area contributed by atoms with Crippen molar-refractivity contribution in [2.75, 3.05) is 26.2 Å². The Hall–Kier alpha value is -2.49. The number of nitrogens with one attached hydrogen (secondary N) is 2. The first kappa shape index (κ1) is 21.8. The number of imide groups is 1. The van der Waals surface area contributed by atoms with Crippen molar-refractivity contribution in [1.29, 1.82) is 0 Å². The smallest absolute Gasteiger partial charge is 0.334 e. The van der Waals surface area contributed by atoms with Crippen molar-refractivity contribution < 1.29 is 28.8 Å². The molecule has 0 aromatic heterocycles. The van der Waals surface area contributed by atoms with E-state index in [0.717, 1.165) is 25.8 Å². The Morgan fingerprint density at radius 3 is 2.36 bits per heavy atom. The quantitative estimate of drug-likeness (QED) is 0.285. The highest BCUT2D eigenvalue weighted by atomic mass is 16.8. The van der Waals surface area contributed by atoms with Crippen LogP contribution in [-0.4, -0.2) is 71.8 Å². The maximum atomic E-state index is 12.0. The summed E-state index contributed by atoms with van der Waals surface area (Å²) in [4.78, 5) is 64.9. The molecule has 2 rings (SSSR count). The number of likely N-dealkylation sites (tertiary alicyclic amines) is 1. The topological polar surface area (TPSA) is 125 Å². The minimum absolute atomic E-state index is 0.0216. The first-order chi connectivity index (χ1) is 13.4. The first-order valence-corrected chi connectivity index (χ1v) is 9.74. The summed E-state index contributed by atoms with van der Waals surface area (Å²) < 4.78 is 0. The molecule has 1 atom stereocenters. The van der Waals surface area contributed by atoms with E-state index in [4.69, 9.17) is 4.84 Å². The molecule has 0 saturated carbocycles. The molecular weight excluding hydrogens is 376 g/mol. The van der Waals surface area contributed by atoms with Gasteiger partial charge in [0.2, 0.25) is 11.8 Å². The summed E-state index contributed by atoms with van der Waals surface area (Å²) in [7, 11) is 0. The molecule has 1 unspecified atom stereocenters. The largest absolute Gasteiger partial charge is 0.355 e. The molecule has 156 valence electrons. The Labute approximate surface area is 163 Å². The Balaban J connectivity index is 1.54. The van der Waals surface area contributed by atoms with Crippen molar-refractivity contribution in [3.63, 3.8) is 0 Å². The van der Waals surface area contributed by atoms with Crippen molar-refractivity contribution >= 4 is 29.6 Å². The molecule has 0 aliphatic carbocycles. The predicted octanol–water partition coefficient (Wildman–Crippen LogP) is -0.519. The van der Waals surface area contributed by atoms with Crippen LogP contribution in [0.2, 0.25) is 0 Å². The van der Waals surface area contributed by atoms with Crippen molar-refractivity contribution in [2.24, 2.45) is 0 Å². The van der Waals surface area contributed by atoms with Crippen LogP contribution in [0, 0.1) is 0 Å². The lowest BCUT2D eigenvalue weighted by Crippen LogP contribution is -2.40. The second kappa shape index (κ2) is 10.7. The molecule has 0 bridgehead atoms. The van der Waals surface area contributed by atoms with Gasteiger partial charge >= 0.3 is 5.97 Å². The fourth-order valence-electron chi connectivity index (χ4n) is 3.32. The number of hydroxylamine groups is 2. The van der Waals surface area contributed by atoms with Crippen LogP contribution < -0.4 is 10.6 Å². The minimum Gasteiger partial charge on any atom is -0.355 e. The number of rotatable bonds is 10. The van der Waals surface area contributed by atoms with Gasteiger partial charge in [0.15, 0.2) is 0 Å². The van der Waals surface area contributed by atoms with E-state index in [1.54, 1.807) is 0 Å². The third-order valence-corrected chi connectivity index (χ3v) is 4.84.